The highest BCUT2D eigenvalue weighted by molar-refractivity contribution is 5.96. The number of amides is 1. The number of para-hydroxylation sites is 1. The molecule has 1 aliphatic rings. The summed E-state index contributed by atoms with van der Waals surface area (Å²) in [6.07, 6.45) is 0. The molecule has 5 rings (SSSR count). The summed E-state index contributed by atoms with van der Waals surface area (Å²) < 4.78 is 21.2. The fraction of sp³-hybridized carbons (Fsp3) is 0.0952. The van der Waals surface area contributed by atoms with Gasteiger partial charge < -0.3 is 23.7 Å². The molecule has 0 aliphatic carbocycles. The van der Waals surface area contributed by atoms with Gasteiger partial charge in [-0.2, -0.15) is 0 Å². The highest BCUT2D eigenvalue weighted by atomic mass is 16.7. The van der Waals surface area contributed by atoms with Crippen LogP contribution >= 0.6 is 0 Å². The zero-order valence-corrected chi connectivity index (χ0v) is 15.0. The van der Waals surface area contributed by atoms with Crippen LogP contribution in [0.15, 0.2) is 68.3 Å². The van der Waals surface area contributed by atoms with Crippen molar-refractivity contribution in [3.05, 3.63) is 76.3 Å². The first-order chi connectivity index (χ1) is 14.2. The lowest BCUT2D eigenvalue weighted by atomic mass is 10.1. The number of fused-ring (bicyclic) bond motifs is 2. The van der Waals surface area contributed by atoms with Gasteiger partial charge in [0.1, 0.15) is 16.8 Å². The maximum Gasteiger partial charge on any atom is 0.349 e. The van der Waals surface area contributed by atoms with Crippen molar-refractivity contribution >= 4 is 16.9 Å². The zero-order valence-electron chi connectivity index (χ0n) is 15.0. The van der Waals surface area contributed by atoms with E-state index in [1.807, 2.05) is 6.07 Å². The molecule has 2 aromatic heterocycles. The Morgan fingerprint density at radius 2 is 1.90 bits per heavy atom. The van der Waals surface area contributed by atoms with E-state index < -0.39 is 11.5 Å². The van der Waals surface area contributed by atoms with E-state index in [0.29, 0.717) is 33.9 Å². The van der Waals surface area contributed by atoms with Crippen molar-refractivity contribution in [2.24, 2.45) is 0 Å². The first-order valence-corrected chi connectivity index (χ1v) is 8.84. The third kappa shape index (κ3) is 3.20. The summed E-state index contributed by atoms with van der Waals surface area (Å²) in [5, 5.41) is 7.29. The van der Waals surface area contributed by atoms with Gasteiger partial charge in [-0.15, -0.1) is 0 Å². The Labute approximate surface area is 163 Å². The van der Waals surface area contributed by atoms with Crippen molar-refractivity contribution in [2.75, 3.05) is 6.79 Å². The van der Waals surface area contributed by atoms with Gasteiger partial charge in [0, 0.05) is 17.0 Å². The third-order valence-corrected chi connectivity index (χ3v) is 4.53. The summed E-state index contributed by atoms with van der Waals surface area (Å²) in [5.41, 5.74) is 0.954. The average Bonchev–Trinajstić information content (AvgIpc) is 3.40. The highest BCUT2D eigenvalue weighted by Gasteiger charge is 2.17. The van der Waals surface area contributed by atoms with E-state index in [2.05, 4.69) is 10.5 Å². The van der Waals surface area contributed by atoms with E-state index in [-0.39, 0.29) is 18.9 Å². The van der Waals surface area contributed by atoms with Gasteiger partial charge >= 0.3 is 5.63 Å². The summed E-state index contributed by atoms with van der Waals surface area (Å²) >= 11 is 0. The van der Waals surface area contributed by atoms with Gasteiger partial charge in [0.25, 0.3) is 5.91 Å². The Balaban J connectivity index is 1.31. The Kier molecular flexibility index (Phi) is 4.02. The minimum atomic E-state index is -0.692. The lowest BCUT2D eigenvalue weighted by molar-refractivity contribution is 0.0946. The molecule has 0 atom stereocenters. The molecule has 0 saturated carbocycles. The molecule has 3 heterocycles. The number of hydrogen-bond acceptors (Lipinski definition) is 7. The lowest BCUT2D eigenvalue weighted by Crippen LogP contribution is -2.27. The van der Waals surface area contributed by atoms with Gasteiger partial charge in [0.15, 0.2) is 17.3 Å². The topological polar surface area (TPSA) is 104 Å². The van der Waals surface area contributed by atoms with Crippen molar-refractivity contribution in [1.29, 1.82) is 0 Å². The summed E-state index contributed by atoms with van der Waals surface area (Å²) in [5.74, 6) is 1.29. The van der Waals surface area contributed by atoms with E-state index in [1.54, 1.807) is 42.5 Å². The van der Waals surface area contributed by atoms with Crippen LogP contribution in [0.4, 0.5) is 0 Å². The van der Waals surface area contributed by atoms with Crippen molar-refractivity contribution in [3.63, 3.8) is 0 Å². The molecule has 0 saturated heterocycles. The van der Waals surface area contributed by atoms with Crippen LogP contribution in [-0.2, 0) is 6.54 Å². The number of rotatable bonds is 4. The SMILES string of the molecule is O=C(NCc1cc(-c2ccc3c(c2)OCO3)on1)c1cc2ccccc2oc1=O. The Morgan fingerprint density at radius 1 is 1.03 bits per heavy atom. The number of nitrogens with one attached hydrogen (secondary N) is 1. The largest absolute Gasteiger partial charge is 0.454 e. The standard InChI is InChI=1S/C21H14N2O6/c24-20(15-7-12-3-1-2-4-16(12)28-21(15)25)22-10-14-9-18(29-23-14)13-5-6-17-19(8-13)27-11-26-17/h1-9H,10-11H2,(H,22,24). The third-order valence-electron chi connectivity index (χ3n) is 4.53. The van der Waals surface area contributed by atoms with E-state index in [4.69, 9.17) is 18.4 Å². The van der Waals surface area contributed by atoms with Crippen LogP contribution in [0.5, 0.6) is 11.5 Å². The molecule has 0 spiro atoms. The van der Waals surface area contributed by atoms with Gasteiger partial charge in [0.05, 0.1) is 6.54 Å². The van der Waals surface area contributed by atoms with Gasteiger partial charge in [0.2, 0.25) is 6.79 Å². The second kappa shape index (κ2) is 6.83. The summed E-state index contributed by atoms with van der Waals surface area (Å²) in [6, 6.07) is 15.6. The van der Waals surface area contributed by atoms with Crippen LogP contribution in [0.3, 0.4) is 0 Å². The molecule has 0 unspecified atom stereocenters. The molecule has 144 valence electrons. The van der Waals surface area contributed by atoms with Gasteiger partial charge in [-0.1, -0.05) is 23.4 Å². The van der Waals surface area contributed by atoms with E-state index in [9.17, 15) is 9.59 Å². The van der Waals surface area contributed by atoms with Crippen LogP contribution in [0, 0.1) is 0 Å². The summed E-state index contributed by atoms with van der Waals surface area (Å²) in [6.45, 7) is 0.286. The first-order valence-electron chi connectivity index (χ1n) is 8.84. The number of carbonyl (C=O) groups is 1. The molecule has 1 amide bonds. The van der Waals surface area contributed by atoms with Crippen LogP contribution in [0.2, 0.25) is 0 Å². The predicted octanol–water partition coefficient (Wildman–Crippen LogP) is 3.11. The molecule has 8 nitrogen and oxygen atoms in total. The number of benzene rings is 2. The molecular formula is C21H14N2O6. The van der Waals surface area contributed by atoms with E-state index >= 15 is 0 Å². The predicted molar refractivity (Wildman–Crippen MR) is 102 cm³/mol. The molecule has 2 aromatic carbocycles. The summed E-state index contributed by atoms with van der Waals surface area (Å²) in [4.78, 5) is 24.5. The molecule has 0 radical (unpaired) electrons. The van der Waals surface area contributed by atoms with Crippen molar-refractivity contribution < 1.29 is 23.2 Å². The Morgan fingerprint density at radius 3 is 2.83 bits per heavy atom. The summed E-state index contributed by atoms with van der Waals surface area (Å²) in [7, 11) is 0. The number of ether oxygens (including phenoxy) is 2. The smallest absolute Gasteiger partial charge is 0.349 e. The normalized spacial score (nSPS) is 12.3. The fourth-order valence-corrected chi connectivity index (χ4v) is 3.07. The molecule has 4 aromatic rings. The number of aromatic nitrogens is 1. The number of hydrogen-bond donors (Lipinski definition) is 1. The molecule has 0 bridgehead atoms. The molecule has 1 N–H and O–H groups in total. The van der Waals surface area contributed by atoms with Crippen LogP contribution in [0.1, 0.15) is 16.1 Å². The zero-order chi connectivity index (χ0) is 19.8. The average molecular weight is 390 g/mol. The Hall–Kier alpha value is -4.07. The minimum Gasteiger partial charge on any atom is -0.454 e. The monoisotopic (exact) mass is 390 g/mol. The minimum absolute atomic E-state index is 0.0665. The second-order valence-electron chi connectivity index (χ2n) is 6.42. The molecule has 1 aliphatic heterocycles. The Bertz CT molecular complexity index is 1290. The van der Waals surface area contributed by atoms with Gasteiger partial charge in [-0.3, -0.25) is 4.79 Å². The van der Waals surface area contributed by atoms with Crippen molar-refractivity contribution in [1.82, 2.24) is 10.5 Å². The molecular weight excluding hydrogens is 376 g/mol. The second-order valence-corrected chi connectivity index (χ2v) is 6.42. The van der Waals surface area contributed by atoms with E-state index in [1.165, 1.54) is 6.07 Å². The molecule has 0 fully saturated rings. The van der Waals surface area contributed by atoms with Gasteiger partial charge in [-0.05, 0) is 30.3 Å². The van der Waals surface area contributed by atoms with Crippen molar-refractivity contribution in [3.8, 4) is 22.8 Å². The maximum atomic E-state index is 12.4. The number of carbonyl (C=O) groups excluding carboxylic acids is 1. The fourth-order valence-electron chi connectivity index (χ4n) is 3.07. The maximum absolute atomic E-state index is 12.4. The van der Waals surface area contributed by atoms with Crippen molar-refractivity contribution in [2.45, 2.75) is 6.54 Å². The highest BCUT2D eigenvalue weighted by Crippen LogP contribution is 2.36. The molecule has 29 heavy (non-hydrogen) atoms. The van der Waals surface area contributed by atoms with Gasteiger partial charge in [-0.25, -0.2) is 4.79 Å². The number of nitrogens with zero attached hydrogens (tertiary/aromatic N) is 1. The first kappa shape index (κ1) is 17.1. The quantitative estimate of drug-likeness (QED) is 0.534. The lowest BCUT2D eigenvalue weighted by Gasteiger charge is -2.03. The van der Waals surface area contributed by atoms with Crippen LogP contribution < -0.4 is 20.4 Å². The van der Waals surface area contributed by atoms with Crippen LogP contribution in [-0.4, -0.2) is 17.9 Å². The van der Waals surface area contributed by atoms with E-state index in [0.717, 1.165) is 5.56 Å². The van der Waals surface area contributed by atoms with Crippen LogP contribution in [0.25, 0.3) is 22.3 Å². The molecule has 8 heteroatoms.